The van der Waals surface area contributed by atoms with E-state index in [4.69, 9.17) is 5.73 Å². The fourth-order valence-electron chi connectivity index (χ4n) is 1.71. The first-order valence-corrected chi connectivity index (χ1v) is 6.26. The van der Waals surface area contributed by atoms with Crippen LogP contribution in [-0.4, -0.2) is 56.0 Å². The minimum Gasteiger partial charge on any atom is -0.344 e. The molecule has 0 saturated carbocycles. The highest BCUT2D eigenvalue weighted by Gasteiger charge is 2.19. The quantitative estimate of drug-likeness (QED) is 0.761. The van der Waals surface area contributed by atoms with E-state index in [-0.39, 0.29) is 17.4 Å². The molecule has 1 amide bonds. The molecule has 4 nitrogen and oxygen atoms in total. The van der Waals surface area contributed by atoms with Gasteiger partial charge in [0.05, 0.1) is 0 Å². The molecule has 0 aromatic carbocycles. The molecule has 1 atom stereocenters. The molecule has 4 heteroatoms. The van der Waals surface area contributed by atoms with Crippen LogP contribution in [0, 0.1) is 5.41 Å². The molecule has 102 valence electrons. The van der Waals surface area contributed by atoms with Gasteiger partial charge in [-0.05, 0) is 25.9 Å². The van der Waals surface area contributed by atoms with Gasteiger partial charge in [0.2, 0.25) is 5.91 Å². The molecule has 0 aliphatic carbocycles. The van der Waals surface area contributed by atoms with Gasteiger partial charge in [0.15, 0.2) is 0 Å². The summed E-state index contributed by atoms with van der Waals surface area (Å²) in [6, 6.07) is -0.0377. The van der Waals surface area contributed by atoms with Crippen LogP contribution in [0.2, 0.25) is 0 Å². The van der Waals surface area contributed by atoms with Crippen LogP contribution in [0.1, 0.15) is 33.6 Å². The second-order valence-corrected chi connectivity index (χ2v) is 6.35. The second kappa shape index (κ2) is 6.97. The molecule has 0 saturated heterocycles. The third-order valence-corrected chi connectivity index (χ3v) is 2.62. The number of likely N-dealkylation sites (N-methyl/N-ethyl adjacent to an activating group) is 2. The molecule has 0 aliphatic rings. The summed E-state index contributed by atoms with van der Waals surface area (Å²) in [5.41, 5.74) is 6.18. The summed E-state index contributed by atoms with van der Waals surface area (Å²) in [6.07, 6.45) is 1.32. The molecule has 1 unspecified atom stereocenters. The van der Waals surface area contributed by atoms with E-state index in [9.17, 15) is 4.79 Å². The van der Waals surface area contributed by atoms with E-state index in [1.807, 2.05) is 21.1 Å². The van der Waals surface area contributed by atoms with Gasteiger partial charge in [-0.2, -0.15) is 0 Å². The number of nitrogens with two attached hydrogens (primary N) is 1. The minimum absolute atomic E-state index is 0.0377. The van der Waals surface area contributed by atoms with E-state index in [1.54, 1.807) is 4.90 Å². The van der Waals surface area contributed by atoms with Gasteiger partial charge in [0.1, 0.15) is 0 Å². The van der Waals surface area contributed by atoms with E-state index >= 15 is 0 Å². The van der Waals surface area contributed by atoms with Gasteiger partial charge in [-0.1, -0.05) is 20.8 Å². The lowest BCUT2D eigenvalue weighted by atomic mass is 9.87. The fourth-order valence-corrected chi connectivity index (χ4v) is 1.71. The van der Waals surface area contributed by atoms with Crippen molar-refractivity contribution in [1.82, 2.24) is 9.80 Å². The highest BCUT2D eigenvalue weighted by Crippen LogP contribution is 2.21. The molecule has 0 heterocycles. The van der Waals surface area contributed by atoms with Crippen LogP contribution < -0.4 is 5.73 Å². The first kappa shape index (κ1) is 16.4. The summed E-state index contributed by atoms with van der Waals surface area (Å²) >= 11 is 0. The van der Waals surface area contributed by atoms with Crippen molar-refractivity contribution < 1.29 is 4.79 Å². The zero-order valence-electron chi connectivity index (χ0n) is 12.3. The zero-order chi connectivity index (χ0) is 13.6. The Bertz CT molecular complexity index is 233. The molecule has 0 aliphatic heterocycles. The number of hydrogen-bond acceptors (Lipinski definition) is 3. The number of carbonyl (C=O) groups is 1. The molecule has 0 aromatic rings. The maximum atomic E-state index is 11.9. The van der Waals surface area contributed by atoms with Gasteiger partial charge in [0.25, 0.3) is 0 Å². The van der Waals surface area contributed by atoms with Crippen LogP contribution in [0.15, 0.2) is 0 Å². The summed E-state index contributed by atoms with van der Waals surface area (Å²) in [5.74, 6) is 0.142. The molecule has 2 N–H and O–H groups in total. The summed E-state index contributed by atoms with van der Waals surface area (Å²) in [6.45, 7) is 8.08. The van der Waals surface area contributed by atoms with Gasteiger partial charge >= 0.3 is 0 Å². The lowest BCUT2D eigenvalue weighted by Gasteiger charge is -2.25. The lowest BCUT2D eigenvalue weighted by Crippen LogP contribution is -2.38. The molecular formula is C13H29N3O. The van der Waals surface area contributed by atoms with Crippen molar-refractivity contribution in [2.75, 3.05) is 34.2 Å². The van der Waals surface area contributed by atoms with Crippen LogP contribution in [0.5, 0.6) is 0 Å². The van der Waals surface area contributed by atoms with E-state index < -0.39 is 0 Å². The lowest BCUT2D eigenvalue weighted by molar-refractivity contribution is -0.130. The Kier molecular flexibility index (Phi) is 6.72. The van der Waals surface area contributed by atoms with E-state index in [2.05, 4.69) is 25.7 Å². The van der Waals surface area contributed by atoms with Crippen LogP contribution in [-0.2, 0) is 4.79 Å². The van der Waals surface area contributed by atoms with Gasteiger partial charge in [-0.25, -0.2) is 0 Å². The number of rotatable bonds is 6. The predicted molar refractivity (Wildman–Crippen MR) is 72.9 cm³/mol. The van der Waals surface area contributed by atoms with Gasteiger partial charge < -0.3 is 15.5 Å². The summed E-state index contributed by atoms with van der Waals surface area (Å²) in [5, 5.41) is 0. The predicted octanol–water partition coefficient (Wildman–Crippen LogP) is 1.16. The summed E-state index contributed by atoms with van der Waals surface area (Å²) in [7, 11) is 5.85. The molecule has 17 heavy (non-hydrogen) atoms. The molecule has 0 radical (unpaired) electrons. The van der Waals surface area contributed by atoms with Crippen LogP contribution in [0.4, 0.5) is 0 Å². The Balaban J connectivity index is 3.99. The maximum absolute atomic E-state index is 11.9. The Labute approximate surface area is 106 Å². The Morgan fingerprint density at radius 1 is 1.18 bits per heavy atom. The van der Waals surface area contributed by atoms with Crippen molar-refractivity contribution >= 4 is 5.91 Å². The number of hydrogen-bond donors (Lipinski definition) is 1. The monoisotopic (exact) mass is 243 g/mol. The smallest absolute Gasteiger partial charge is 0.223 e. The van der Waals surface area contributed by atoms with Crippen LogP contribution >= 0.6 is 0 Å². The average Bonchev–Trinajstić information content (AvgIpc) is 2.10. The van der Waals surface area contributed by atoms with Crippen molar-refractivity contribution in [3.63, 3.8) is 0 Å². The third-order valence-electron chi connectivity index (χ3n) is 2.62. The summed E-state index contributed by atoms with van der Waals surface area (Å²) in [4.78, 5) is 15.7. The third kappa shape index (κ3) is 9.12. The van der Waals surface area contributed by atoms with Crippen molar-refractivity contribution in [2.24, 2.45) is 11.1 Å². The molecule has 0 spiro atoms. The first-order valence-electron chi connectivity index (χ1n) is 6.26. The normalized spacial score (nSPS) is 13.9. The average molecular weight is 243 g/mol. The van der Waals surface area contributed by atoms with Crippen LogP contribution in [0.25, 0.3) is 0 Å². The highest BCUT2D eigenvalue weighted by atomic mass is 16.2. The molecular weight excluding hydrogens is 214 g/mol. The van der Waals surface area contributed by atoms with Crippen molar-refractivity contribution in [1.29, 1.82) is 0 Å². The molecule has 0 bridgehead atoms. The van der Waals surface area contributed by atoms with Crippen molar-refractivity contribution in [3.8, 4) is 0 Å². The van der Waals surface area contributed by atoms with Crippen molar-refractivity contribution in [3.05, 3.63) is 0 Å². The molecule has 0 rings (SSSR count). The number of carbonyl (C=O) groups excluding carboxylic acids is 1. The minimum atomic E-state index is -0.0377. The Morgan fingerprint density at radius 2 is 1.71 bits per heavy atom. The topological polar surface area (TPSA) is 49.6 Å². The zero-order valence-corrected chi connectivity index (χ0v) is 12.3. The Hall–Kier alpha value is -0.610. The van der Waals surface area contributed by atoms with E-state index in [0.29, 0.717) is 6.42 Å². The number of nitrogens with zero attached hydrogens (tertiary/aromatic N) is 2. The largest absolute Gasteiger partial charge is 0.344 e. The van der Waals surface area contributed by atoms with E-state index in [0.717, 1.165) is 19.5 Å². The Morgan fingerprint density at radius 3 is 2.12 bits per heavy atom. The van der Waals surface area contributed by atoms with Gasteiger partial charge in [-0.15, -0.1) is 0 Å². The SMILES string of the molecule is CN(C)CCN(C)C(=O)CC(N)CC(C)(C)C. The first-order chi connectivity index (χ1) is 7.61. The van der Waals surface area contributed by atoms with Crippen molar-refractivity contribution in [2.45, 2.75) is 39.7 Å². The fraction of sp³-hybridized carbons (Fsp3) is 0.923. The van der Waals surface area contributed by atoms with Gasteiger partial charge in [-0.3, -0.25) is 4.79 Å². The highest BCUT2D eigenvalue weighted by molar-refractivity contribution is 5.76. The second-order valence-electron chi connectivity index (χ2n) is 6.35. The molecule has 0 fully saturated rings. The van der Waals surface area contributed by atoms with E-state index in [1.165, 1.54) is 0 Å². The number of amides is 1. The molecule has 0 aromatic heterocycles. The van der Waals surface area contributed by atoms with Crippen LogP contribution in [0.3, 0.4) is 0 Å². The van der Waals surface area contributed by atoms with Gasteiger partial charge in [0, 0.05) is 32.6 Å². The standard InChI is InChI=1S/C13H29N3O/c1-13(2,3)10-11(14)9-12(17)16(6)8-7-15(4)5/h11H,7-10,14H2,1-6H3. The summed E-state index contributed by atoms with van der Waals surface area (Å²) < 4.78 is 0. The maximum Gasteiger partial charge on any atom is 0.223 e.